The van der Waals surface area contributed by atoms with Crippen molar-refractivity contribution >= 4 is 21.6 Å². The molecule has 0 radical (unpaired) electrons. The summed E-state index contributed by atoms with van der Waals surface area (Å²) in [5.41, 5.74) is 3.70. The van der Waals surface area contributed by atoms with E-state index in [-0.39, 0.29) is 11.9 Å². The van der Waals surface area contributed by atoms with Crippen LogP contribution in [0.1, 0.15) is 49.4 Å². The summed E-state index contributed by atoms with van der Waals surface area (Å²) in [5.74, 6) is 0.204. The Morgan fingerprint density at radius 2 is 1.80 bits per heavy atom. The molecule has 0 aliphatic carbocycles. The van der Waals surface area contributed by atoms with Gasteiger partial charge >= 0.3 is 0 Å². The molecule has 2 rings (SSSR count). The molecule has 30 heavy (non-hydrogen) atoms. The van der Waals surface area contributed by atoms with Crippen molar-refractivity contribution in [2.45, 2.75) is 52.6 Å². The molecule has 0 heterocycles. The molecule has 0 unspecified atom stereocenters. The highest BCUT2D eigenvalue weighted by molar-refractivity contribution is 7.92. The maximum atomic E-state index is 13.3. The number of methoxy groups -OCH3 is 1. The van der Waals surface area contributed by atoms with Gasteiger partial charge in [0.2, 0.25) is 15.9 Å². The van der Waals surface area contributed by atoms with E-state index in [1.165, 1.54) is 11.4 Å². The van der Waals surface area contributed by atoms with Crippen molar-refractivity contribution in [1.82, 2.24) is 5.32 Å². The largest absolute Gasteiger partial charge is 0.497 e. The summed E-state index contributed by atoms with van der Waals surface area (Å²) >= 11 is 0. The van der Waals surface area contributed by atoms with Crippen molar-refractivity contribution < 1.29 is 17.9 Å². The Labute approximate surface area is 180 Å². The Kier molecular flexibility index (Phi) is 7.89. The van der Waals surface area contributed by atoms with E-state index in [9.17, 15) is 13.2 Å². The number of hydrogen-bond acceptors (Lipinski definition) is 4. The van der Waals surface area contributed by atoms with E-state index in [1.54, 1.807) is 31.2 Å². The normalized spacial score (nSPS) is 13.4. The SMILES string of the molecule is CC[C@H](C(=O)N[C@H](CC)c1ccc(C)cc1C)N(c1cccc(OC)c1)S(C)(=O)=O. The van der Waals surface area contributed by atoms with E-state index < -0.39 is 16.1 Å². The van der Waals surface area contributed by atoms with Crippen LogP contribution in [0.15, 0.2) is 42.5 Å². The van der Waals surface area contributed by atoms with Crippen LogP contribution in [0.4, 0.5) is 5.69 Å². The third-order valence-electron chi connectivity index (χ3n) is 5.16. The van der Waals surface area contributed by atoms with Crippen LogP contribution >= 0.6 is 0 Å². The number of nitrogens with zero attached hydrogens (tertiary/aromatic N) is 1. The minimum absolute atomic E-state index is 0.195. The number of sulfonamides is 1. The first-order valence-electron chi connectivity index (χ1n) is 10.1. The van der Waals surface area contributed by atoms with E-state index in [4.69, 9.17) is 4.74 Å². The topological polar surface area (TPSA) is 75.7 Å². The van der Waals surface area contributed by atoms with Crippen molar-refractivity contribution in [1.29, 1.82) is 0 Å². The lowest BCUT2D eigenvalue weighted by Gasteiger charge is -2.32. The highest BCUT2D eigenvalue weighted by atomic mass is 32.2. The molecule has 0 fully saturated rings. The third kappa shape index (κ3) is 5.53. The van der Waals surface area contributed by atoms with Crippen molar-refractivity contribution in [3.63, 3.8) is 0 Å². The monoisotopic (exact) mass is 432 g/mol. The number of amides is 1. The van der Waals surface area contributed by atoms with E-state index >= 15 is 0 Å². The van der Waals surface area contributed by atoms with Gasteiger partial charge in [0, 0.05) is 6.07 Å². The van der Waals surface area contributed by atoms with Gasteiger partial charge in [-0.3, -0.25) is 9.10 Å². The predicted molar refractivity (Wildman–Crippen MR) is 121 cm³/mol. The first-order chi connectivity index (χ1) is 14.1. The predicted octanol–water partition coefficient (Wildman–Crippen LogP) is 4.12. The smallest absolute Gasteiger partial charge is 0.244 e. The number of aryl methyl sites for hydroxylation is 2. The first-order valence-corrected chi connectivity index (χ1v) is 12.0. The summed E-state index contributed by atoms with van der Waals surface area (Å²) in [7, 11) is -2.19. The zero-order valence-corrected chi connectivity index (χ0v) is 19.4. The molecular formula is C23H32N2O4S. The zero-order valence-electron chi connectivity index (χ0n) is 18.6. The van der Waals surface area contributed by atoms with Gasteiger partial charge in [0.05, 0.1) is 25.1 Å². The summed E-state index contributed by atoms with van der Waals surface area (Å²) in [6, 6.07) is 11.8. The minimum atomic E-state index is -3.70. The highest BCUT2D eigenvalue weighted by Crippen LogP contribution is 2.28. The Balaban J connectivity index is 2.39. The summed E-state index contributed by atoms with van der Waals surface area (Å²) in [6.45, 7) is 7.86. The van der Waals surface area contributed by atoms with Crippen molar-refractivity contribution in [3.8, 4) is 5.75 Å². The van der Waals surface area contributed by atoms with Crippen LogP contribution in [-0.2, 0) is 14.8 Å². The number of carbonyl (C=O) groups is 1. The van der Waals surface area contributed by atoms with Crippen molar-refractivity contribution in [3.05, 3.63) is 59.2 Å². The highest BCUT2D eigenvalue weighted by Gasteiger charge is 2.32. The first kappa shape index (κ1) is 23.7. The average Bonchev–Trinajstić information content (AvgIpc) is 2.69. The molecule has 1 N–H and O–H groups in total. The Morgan fingerprint density at radius 3 is 2.33 bits per heavy atom. The van der Waals surface area contributed by atoms with Gasteiger partial charge in [0.1, 0.15) is 11.8 Å². The molecule has 0 spiro atoms. The molecule has 0 bridgehead atoms. The van der Waals surface area contributed by atoms with Gasteiger partial charge in [-0.1, -0.05) is 43.7 Å². The van der Waals surface area contributed by atoms with Gasteiger partial charge in [-0.15, -0.1) is 0 Å². The number of carbonyl (C=O) groups excluding carboxylic acids is 1. The summed E-state index contributed by atoms with van der Waals surface area (Å²) in [5, 5.41) is 3.07. The van der Waals surface area contributed by atoms with Crippen molar-refractivity contribution in [2.75, 3.05) is 17.7 Å². The third-order valence-corrected chi connectivity index (χ3v) is 6.34. The van der Waals surface area contributed by atoms with Gasteiger partial charge in [-0.2, -0.15) is 0 Å². The Bertz CT molecular complexity index is 988. The van der Waals surface area contributed by atoms with E-state index in [0.29, 0.717) is 24.3 Å². The lowest BCUT2D eigenvalue weighted by molar-refractivity contribution is -0.123. The summed E-state index contributed by atoms with van der Waals surface area (Å²) in [6.07, 6.45) is 2.15. The van der Waals surface area contributed by atoms with E-state index in [0.717, 1.165) is 22.9 Å². The molecular weight excluding hydrogens is 400 g/mol. The second kappa shape index (κ2) is 9.98. The molecule has 0 saturated carbocycles. The van der Waals surface area contributed by atoms with Crippen LogP contribution < -0.4 is 14.4 Å². The van der Waals surface area contributed by atoms with Gasteiger partial charge in [-0.05, 0) is 49.9 Å². The standard InChI is InChI=1S/C23H32N2O4S/c1-7-21(20-13-12-16(3)14-17(20)4)24-23(26)22(8-2)25(30(6,27)28)18-10-9-11-19(15-18)29-5/h9-15,21-22H,7-8H2,1-6H3,(H,24,26)/t21-,22-/m1/s1. The van der Waals surface area contributed by atoms with Gasteiger partial charge in [0.25, 0.3) is 0 Å². The molecule has 0 aliphatic rings. The lowest BCUT2D eigenvalue weighted by Crippen LogP contribution is -2.50. The molecule has 0 aromatic heterocycles. The molecule has 0 saturated heterocycles. The molecule has 7 heteroatoms. The Hall–Kier alpha value is -2.54. The molecule has 0 aliphatic heterocycles. The maximum absolute atomic E-state index is 13.3. The van der Waals surface area contributed by atoms with E-state index in [1.807, 2.05) is 32.9 Å². The molecule has 2 aromatic rings. The van der Waals surface area contributed by atoms with Gasteiger partial charge in [0.15, 0.2) is 0 Å². The second-order valence-corrected chi connectivity index (χ2v) is 9.37. The second-order valence-electron chi connectivity index (χ2n) is 7.51. The number of anilines is 1. The fraction of sp³-hybridized carbons (Fsp3) is 0.435. The molecule has 2 atom stereocenters. The molecule has 164 valence electrons. The van der Waals surface area contributed by atoms with Crippen LogP contribution in [0, 0.1) is 13.8 Å². The summed E-state index contributed by atoms with van der Waals surface area (Å²) in [4.78, 5) is 13.3. The maximum Gasteiger partial charge on any atom is 0.244 e. The van der Waals surface area contributed by atoms with Crippen LogP contribution in [0.5, 0.6) is 5.75 Å². The van der Waals surface area contributed by atoms with Crippen LogP contribution in [0.25, 0.3) is 0 Å². The number of benzene rings is 2. The number of nitrogens with one attached hydrogen (secondary N) is 1. The van der Waals surface area contributed by atoms with Crippen molar-refractivity contribution in [2.24, 2.45) is 0 Å². The molecule has 2 aromatic carbocycles. The van der Waals surface area contributed by atoms with E-state index in [2.05, 4.69) is 11.4 Å². The fourth-order valence-electron chi connectivity index (χ4n) is 3.69. The lowest BCUT2D eigenvalue weighted by atomic mass is 9.97. The van der Waals surface area contributed by atoms with Crippen LogP contribution in [0.2, 0.25) is 0 Å². The fourth-order valence-corrected chi connectivity index (χ4v) is 4.90. The Morgan fingerprint density at radius 1 is 1.10 bits per heavy atom. The minimum Gasteiger partial charge on any atom is -0.497 e. The molecule has 1 amide bonds. The summed E-state index contributed by atoms with van der Waals surface area (Å²) < 4.78 is 31.7. The quantitative estimate of drug-likeness (QED) is 0.647. The van der Waals surface area contributed by atoms with Crippen LogP contribution in [0.3, 0.4) is 0 Å². The average molecular weight is 433 g/mol. The zero-order chi connectivity index (χ0) is 22.5. The van der Waals surface area contributed by atoms with Crippen LogP contribution in [-0.4, -0.2) is 33.7 Å². The number of hydrogen-bond donors (Lipinski definition) is 1. The number of rotatable bonds is 9. The van der Waals surface area contributed by atoms with Gasteiger partial charge < -0.3 is 10.1 Å². The number of ether oxygens (including phenoxy) is 1. The molecule has 6 nitrogen and oxygen atoms in total. The van der Waals surface area contributed by atoms with Gasteiger partial charge in [-0.25, -0.2) is 8.42 Å².